The third-order valence-corrected chi connectivity index (χ3v) is 1.38. The Morgan fingerprint density at radius 3 is 1.56 bits per heavy atom. The molecule has 0 aliphatic carbocycles. The maximum Gasteiger partial charge on any atom is 0.490 e. The Kier molecular flexibility index (Phi) is 10.8. The second kappa shape index (κ2) is 10.0. The summed E-state index contributed by atoms with van der Waals surface area (Å²) in [5, 5.41) is 24.1. The fourth-order valence-electron chi connectivity index (χ4n) is 0.476. The standard InChI is InChI=1S/C6H16N2O3.C2HF3O2/c7-5(1-9)3-11-4-6(8)2-10;3-2(4,5)1(6)7/h5-6,9-10H,1-4,7-8H2;(H,6,7)/t5-,6-;/m1./s1. The largest absolute Gasteiger partial charge is 0.490 e. The molecule has 0 saturated heterocycles. The number of hydrogen-bond acceptors (Lipinski definition) is 6. The molecule has 10 heteroatoms. The van der Waals surface area contributed by atoms with Gasteiger partial charge in [0.05, 0.1) is 38.5 Å². The zero-order valence-electron chi connectivity index (χ0n) is 9.43. The van der Waals surface area contributed by atoms with Crippen molar-refractivity contribution in [2.45, 2.75) is 18.3 Å². The Morgan fingerprint density at radius 1 is 1.11 bits per heavy atom. The monoisotopic (exact) mass is 278 g/mol. The Morgan fingerprint density at radius 2 is 1.39 bits per heavy atom. The number of carboxylic acids is 1. The van der Waals surface area contributed by atoms with E-state index in [9.17, 15) is 13.2 Å². The average Bonchev–Trinajstić information content (AvgIpc) is 2.28. The number of halogens is 3. The number of alkyl halides is 3. The summed E-state index contributed by atoms with van der Waals surface area (Å²) < 4.78 is 36.7. The van der Waals surface area contributed by atoms with Gasteiger partial charge in [0, 0.05) is 0 Å². The first-order chi connectivity index (χ1) is 8.15. The Hall–Kier alpha value is -0.940. The topological polar surface area (TPSA) is 139 Å². The van der Waals surface area contributed by atoms with Gasteiger partial charge in [-0.3, -0.25) is 0 Å². The minimum absolute atomic E-state index is 0.103. The first-order valence-corrected chi connectivity index (χ1v) is 4.75. The van der Waals surface area contributed by atoms with Gasteiger partial charge < -0.3 is 31.5 Å². The lowest BCUT2D eigenvalue weighted by molar-refractivity contribution is -0.192. The van der Waals surface area contributed by atoms with E-state index in [1.165, 1.54) is 0 Å². The van der Waals surface area contributed by atoms with Gasteiger partial charge in [0.15, 0.2) is 0 Å². The lowest BCUT2D eigenvalue weighted by Gasteiger charge is -2.11. The number of aliphatic carboxylic acids is 1. The van der Waals surface area contributed by atoms with Crippen LogP contribution in [0, 0.1) is 0 Å². The van der Waals surface area contributed by atoms with Crippen LogP contribution < -0.4 is 11.5 Å². The molecule has 0 rings (SSSR count). The molecule has 0 spiro atoms. The Labute approximate surface area is 101 Å². The van der Waals surface area contributed by atoms with Crippen molar-refractivity contribution in [3.05, 3.63) is 0 Å². The lowest BCUT2D eigenvalue weighted by Crippen LogP contribution is -2.35. The summed E-state index contributed by atoms with van der Waals surface area (Å²) in [5.41, 5.74) is 10.6. The molecule has 0 aromatic heterocycles. The molecule has 0 fully saturated rings. The van der Waals surface area contributed by atoms with Crippen molar-refractivity contribution in [2.24, 2.45) is 11.5 Å². The first-order valence-electron chi connectivity index (χ1n) is 4.75. The quantitative estimate of drug-likeness (QED) is 0.389. The smallest absolute Gasteiger partial charge is 0.475 e. The van der Waals surface area contributed by atoms with Crippen LogP contribution in [-0.2, 0) is 9.53 Å². The van der Waals surface area contributed by atoms with Crippen LogP contribution in [0.2, 0.25) is 0 Å². The number of rotatable bonds is 6. The van der Waals surface area contributed by atoms with E-state index in [0.29, 0.717) is 0 Å². The molecular formula is C8H17F3N2O5. The summed E-state index contributed by atoms with van der Waals surface area (Å²) in [5.74, 6) is -2.76. The second-order valence-electron chi connectivity index (χ2n) is 3.23. The Balaban J connectivity index is 0. The van der Waals surface area contributed by atoms with Gasteiger partial charge in [0.2, 0.25) is 0 Å². The molecule has 18 heavy (non-hydrogen) atoms. The van der Waals surface area contributed by atoms with Gasteiger partial charge >= 0.3 is 12.1 Å². The second-order valence-corrected chi connectivity index (χ2v) is 3.23. The van der Waals surface area contributed by atoms with Crippen molar-refractivity contribution in [2.75, 3.05) is 26.4 Å². The number of hydrogen-bond donors (Lipinski definition) is 5. The third kappa shape index (κ3) is 13.1. The van der Waals surface area contributed by atoms with Crippen molar-refractivity contribution in [1.82, 2.24) is 0 Å². The molecule has 7 N–H and O–H groups in total. The molecule has 2 atom stereocenters. The van der Waals surface area contributed by atoms with Crippen LogP contribution in [0.25, 0.3) is 0 Å². The zero-order chi connectivity index (χ0) is 14.8. The molecule has 0 heterocycles. The van der Waals surface area contributed by atoms with Crippen molar-refractivity contribution in [3.8, 4) is 0 Å². The summed E-state index contributed by atoms with van der Waals surface area (Å²) in [6, 6.07) is -0.721. The van der Waals surface area contributed by atoms with Crippen LogP contribution in [0.15, 0.2) is 0 Å². The predicted octanol–water partition coefficient (Wildman–Crippen LogP) is -1.72. The molecule has 0 aliphatic rings. The number of nitrogens with two attached hydrogens (primary N) is 2. The van der Waals surface area contributed by atoms with Gasteiger partial charge in [-0.15, -0.1) is 0 Å². The maximum atomic E-state index is 10.6. The van der Waals surface area contributed by atoms with Crippen molar-refractivity contribution >= 4 is 5.97 Å². The van der Waals surface area contributed by atoms with Gasteiger partial charge in [-0.1, -0.05) is 0 Å². The van der Waals surface area contributed by atoms with E-state index in [-0.39, 0.29) is 38.5 Å². The van der Waals surface area contributed by atoms with Crippen molar-refractivity contribution in [1.29, 1.82) is 0 Å². The highest BCUT2D eigenvalue weighted by atomic mass is 19.4. The summed E-state index contributed by atoms with van der Waals surface area (Å²) >= 11 is 0. The van der Waals surface area contributed by atoms with E-state index < -0.39 is 12.1 Å². The summed E-state index contributed by atoms with van der Waals surface area (Å²) in [6.45, 7) is 0.330. The third-order valence-electron chi connectivity index (χ3n) is 1.38. The minimum atomic E-state index is -5.08. The SMILES string of the molecule is N[C@H](CO)COC[C@H](N)CO.O=C(O)C(F)(F)F. The molecule has 0 bridgehead atoms. The van der Waals surface area contributed by atoms with E-state index in [1.807, 2.05) is 0 Å². The van der Waals surface area contributed by atoms with Crippen LogP contribution in [0.3, 0.4) is 0 Å². The van der Waals surface area contributed by atoms with Gasteiger partial charge in [-0.05, 0) is 0 Å². The molecule has 0 aliphatic heterocycles. The van der Waals surface area contributed by atoms with Gasteiger partial charge in [-0.25, -0.2) is 4.79 Å². The maximum absolute atomic E-state index is 10.6. The van der Waals surface area contributed by atoms with Crippen LogP contribution in [0.5, 0.6) is 0 Å². The van der Waals surface area contributed by atoms with Crippen LogP contribution >= 0.6 is 0 Å². The van der Waals surface area contributed by atoms with Crippen molar-refractivity contribution < 1.29 is 38.0 Å². The van der Waals surface area contributed by atoms with E-state index in [1.54, 1.807) is 0 Å². The van der Waals surface area contributed by atoms with E-state index in [2.05, 4.69) is 0 Å². The highest BCUT2D eigenvalue weighted by Crippen LogP contribution is 2.13. The summed E-state index contributed by atoms with van der Waals surface area (Å²) in [6.07, 6.45) is -5.08. The Bertz CT molecular complexity index is 217. The first kappa shape index (κ1) is 19.4. The van der Waals surface area contributed by atoms with E-state index in [4.69, 9.17) is 36.3 Å². The highest BCUT2D eigenvalue weighted by molar-refractivity contribution is 5.73. The fraction of sp³-hybridized carbons (Fsp3) is 0.875. The normalized spacial score (nSPS) is 14.4. The number of aliphatic hydroxyl groups is 2. The molecule has 0 saturated carbocycles. The van der Waals surface area contributed by atoms with Crippen LogP contribution in [0.4, 0.5) is 13.2 Å². The highest BCUT2D eigenvalue weighted by Gasteiger charge is 2.38. The molecule has 0 unspecified atom stereocenters. The fourth-order valence-corrected chi connectivity index (χ4v) is 0.476. The van der Waals surface area contributed by atoms with Crippen LogP contribution in [-0.4, -0.2) is 66.0 Å². The molecule has 0 aromatic rings. The van der Waals surface area contributed by atoms with E-state index in [0.717, 1.165) is 0 Å². The number of carbonyl (C=O) groups is 1. The summed E-state index contributed by atoms with van der Waals surface area (Å²) in [7, 11) is 0. The molecule has 0 amide bonds. The lowest BCUT2D eigenvalue weighted by atomic mass is 10.3. The average molecular weight is 278 g/mol. The van der Waals surface area contributed by atoms with Crippen molar-refractivity contribution in [3.63, 3.8) is 0 Å². The molecule has 0 aromatic carbocycles. The molecule has 7 nitrogen and oxygen atoms in total. The van der Waals surface area contributed by atoms with Gasteiger partial charge in [0.25, 0.3) is 0 Å². The summed E-state index contributed by atoms with van der Waals surface area (Å²) in [4.78, 5) is 8.90. The van der Waals surface area contributed by atoms with Crippen LogP contribution in [0.1, 0.15) is 0 Å². The number of aliphatic hydroxyl groups excluding tert-OH is 2. The van der Waals surface area contributed by atoms with E-state index >= 15 is 0 Å². The molecular weight excluding hydrogens is 261 g/mol. The van der Waals surface area contributed by atoms with Gasteiger partial charge in [-0.2, -0.15) is 13.2 Å². The zero-order valence-corrected chi connectivity index (χ0v) is 9.43. The molecule has 0 radical (unpaired) electrons. The molecule has 110 valence electrons. The predicted molar refractivity (Wildman–Crippen MR) is 54.6 cm³/mol. The number of carboxylic acid groups (broad SMARTS) is 1. The van der Waals surface area contributed by atoms with Gasteiger partial charge in [0.1, 0.15) is 0 Å². The number of ether oxygens (including phenoxy) is 1. The minimum Gasteiger partial charge on any atom is -0.475 e.